The number of benzene rings is 2. The molecule has 0 unspecified atom stereocenters. The predicted octanol–water partition coefficient (Wildman–Crippen LogP) is 3.31. The third-order valence-electron chi connectivity index (χ3n) is 3.31. The third-order valence-corrected chi connectivity index (χ3v) is 3.61. The lowest BCUT2D eigenvalue weighted by atomic mass is 10.1. The van der Waals surface area contributed by atoms with E-state index in [1.54, 1.807) is 12.1 Å². The molecular weight excluding hydrogens is 360 g/mol. The van der Waals surface area contributed by atoms with Crippen LogP contribution in [0.2, 0.25) is 5.02 Å². The topological polar surface area (TPSA) is 72.9 Å². The van der Waals surface area contributed by atoms with Crippen LogP contribution in [0.5, 0.6) is 5.75 Å². The summed E-state index contributed by atoms with van der Waals surface area (Å²) in [5, 5.41) is 0.0851. The van der Waals surface area contributed by atoms with Gasteiger partial charge >= 0.3 is 12.6 Å². The number of carbonyl (C=O) groups is 3. The average Bonchev–Trinajstić information content (AvgIpc) is 2.82. The zero-order valence-corrected chi connectivity index (χ0v) is 13.0. The van der Waals surface area contributed by atoms with Crippen LogP contribution in [0.25, 0.3) is 0 Å². The van der Waals surface area contributed by atoms with Crippen molar-refractivity contribution in [2.75, 3.05) is 0 Å². The van der Waals surface area contributed by atoms with Crippen molar-refractivity contribution in [2.45, 2.75) is 6.61 Å². The van der Waals surface area contributed by atoms with Crippen molar-refractivity contribution in [1.82, 2.24) is 5.06 Å². The van der Waals surface area contributed by atoms with Crippen LogP contribution in [0.15, 0.2) is 42.5 Å². The first kappa shape index (κ1) is 16.8. The maximum Gasteiger partial charge on any atom is 0.387 e. The monoisotopic (exact) mass is 367 g/mol. The maximum absolute atomic E-state index is 12.2. The average molecular weight is 368 g/mol. The number of hydrogen-bond donors (Lipinski definition) is 0. The minimum Gasteiger partial charge on any atom is -0.433 e. The molecule has 0 saturated carbocycles. The molecular formula is C16H8ClF2NO5. The number of halogens is 3. The van der Waals surface area contributed by atoms with Gasteiger partial charge in [-0.25, -0.2) is 4.79 Å². The van der Waals surface area contributed by atoms with Crippen molar-refractivity contribution in [3.8, 4) is 5.75 Å². The van der Waals surface area contributed by atoms with Gasteiger partial charge in [0.15, 0.2) is 0 Å². The molecule has 0 spiro atoms. The molecule has 1 heterocycles. The number of amides is 2. The van der Waals surface area contributed by atoms with Gasteiger partial charge in [-0.05, 0) is 30.3 Å². The van der Waals surface area contributed by atoms with Crippen LogP contribution in [-0.2, 0) is 4.84 Å². The first-order chi connectivity index (χ1) is 11.9. The molecule has 0 radical (unpaired) electrons. The number of hydroxylamine groups is 2. The van der Waals surface area contributed by atoms with Crippen LogP contribution in [0, 0.1) is 0 Å². The van der Waals surface area contributed by atoms with Gasteiger partial charge in [-0.3, -0.25) is 9.59 Å². The maximum atomic E-state index is 12.2. The van der Waals surface area contributed by atoms with Gasteiger partial charge in [-0.2, -0.15) is 8.78 Å². The quantitative estimate of drug-likeness (QED) is 0.775. The minimum atomic E-state index is -3.08. The van der Waals surface area contributed by atoms with Crippen molar-refractivity contribution in [3.05, 3.63) is 64.2 Å². The van der Waals surface area contributed by atoms with Crippen LogP contribution >= 0.6 is 11.6 Å². The fourth-order valence-corrected chi connectivity index (χ4v) is 2.43. The molecule has 0 aliphatic carbocycles. The van der Waals surface area contributed by atoms with E-state index in [4.69, 9.17) is 16.4 Å². The summed E-state index contributed by atoms with van der Waals surface area (Å²) >= 11 is 5.75. The second kappa shape index (κ2) is 6.48. The summed E-state index contributed by atoms with van der Waals surface area (Å²) in [5.41, 5.74) is 0.0706. The Balaban J connectivity index is 1.78. The summed E-state index contributed by atoms with van der Waals surface area (Å²) in [7, 11) is 0. The molecule has 0 N–H and O–H groups in total. The van der Waals surface area contributed by atoms with E-state index in [2.05, 4.69) is 4.74 Å². The zero-order valence-electron chi connectivity index (χ0n) is 12.2. The van der Waals surface area contributed by atoms with E-state index in [9.17, 15) is 23.2 Å². The molecule has 3 rings (SSSR count). The molecule has 25 heavy (non-hydrogen) atoms. The number of carbonyl (C=O) groups excluding carboxylic acids is 3. The standard InChI is InChI=1S/C16H8ClF2NO5/c17-11-7-8(5-6-12(11)24-16(18)19)15(23)25-20-13(21)9-3-1-2-4-10(9)14(20)22/h1-7,16H. The number of imide groups is 1. The first-order valence-corrected chi connectivity index (χ1v) is 7.20. The Morgan fingerprint density at radius 1 is 1.04 bits per heavy atom. The number of fused-ring (bicyclic) bond motifs is 1. The van der Waals surface area contributed by atoms with Gasteiger partial charge in [-0.1, -0.05) is 28.8 Å². The highest BCUT2D eigenvalue weighted by Gasteiger charge is 2.38. The first-order valence-electron chi connectivity index (χ1n) is 6.83. The lowest BCUT2D eigenvalue weighted by Crippen LogP contribution is -2.32. The van der Waals surface area contributed by atoms with Crippen molar-refractivity contribution in [3.63, 3.8) is 0 Å². The molecule has 0 aromatic heterocycles. The van der Waals surface area contributed by atoms with Crippen molar-refractivity contribution in [2.24, 2.45) is 0 Å². The van der Waals surface area contributed by atoms with Crippen molar-refractivity contribution >= 4 is 29.4 Å². The molecule has 2 aromatic carbocycles. The second-order valence-electron chi connectivity index (χ2n) is 4.85. The van der Waals surface area contributed by atoms with Gasteiger partial charge in [0.1, 0.15) is 5.75 Å². The summed E-state index contributed by atoms with van der Waals surface area (Å²) in [6.45, 7) is -3.08. The largest absolute Gasteiger partial charge is 0.433 e. The summed E-state index contributed by atoms with van der Waals surface area (Å²) in [4.78, 5) is 41.2. The summed E-state index contributed by atoms with van der Waals surface area (Å²) in [6.07, 6.45) is 0. The van der Waals surface area contributed by atoms with Gasteiger partial charge in [0.25, 0.3) is 11.8 Å². The molecule has 2 aromatic rings. The fourth-order valence-electron chi connectivity index (χ4n) is 2.21. The molecule has 1 aliphatic heterocycles. The second-order valence-corrected chi connectivity index (χ2v) is 5.26. The van der Waals surface area contributed by atoms with Gasteiger partial charge in [0.05, 0.1) is 21.7 Å². The lowest BCUT2D eigenvalue weighted by molar-refractivity contribution is -0.0585. The van der Waals surface area contributed by atoms with Crippen LogP contribution < -0.4 is 4.74 Å². The van der Waals surface area contributed by atoms with E-state index in [1.165, 1.54) is 12.1 Å². The van der Waals surface area contributed by atoms with E-state index in [0.29, 0.717) is 5.06 Å². The highest BCUT2D eigenvalue weighted by atomic mass is 35.5. The van der Waals surface area contributed by atoms with Gasteiger partial charge < -0.3 is 9.57 Å². The van der Waals surface area contributed by atoms with E-state index in [1.807, 2.05) is 0 Å². The Bertz CT molecular complexity index is 852. The Labute approximate surface area is 144 Å². The normalized spacial score (nSPS) is 13.2. The molecule has 1 aliphatic rings. The number of alkyl halides is 2. The number of nitrogens with zero attached hydrogens (tertiary/aromatic N) is 1. The fraction of sp³-hybridized carbons (Fsp3) is 0.0625. The van der Waals surface area contributed by atoms with E-state index in [-0.39, 0.29) is 27.5 Å². The van der Waals surface area contributed by atoms with Crippen LogP contribution in [-0.4, -0.2) is 29.5 Å². The SMILES string of the molecule is O=C(ON1C(=O)c2ccccc2C1=O)c1ccc(OC(F)F)c(Cl)c1. The molecule has 6 nitrogen and oxygen atoms in total. The van der Waals surface area contributed by atoms with Gasteiger partial charge in [0, 0.05) is 0 Å². The Hall–Kier alpha value is -3.00. The molecule has 9 heteroatoms. The number of rotatable bonds is 4. The third kappa shape index (κ3) is 3.16. The van der Waals surface area contributed by atoms with Crippen LogP contribution in [0.1, 0.15) is 31.1 Å². The Morgan fingerprint density at radius 3 is 2.16 bits per heavy atom. The van der Waals surface area contributed by atoms with Crippen LogP contribution in [0.3, 0.4) is 0 Å². The van der Waals surface area contributed by atoms with Crippen molar-refractivity contribution < 1.29 is 32.7 Å². The molecule has 0 saturated heterocycles. The summed E-state index contributed by atoms with van der Waals surface area (Å²) in [5.74, 6) is -2.94. The highest BCUT2D eigenvalue weighted by Crippen LogP contribution is 2.28. The summed E-state index contributed by atoms with van der Waals surface area (Å²) < 4.78 is 28.5. The predicted molar refractivity (Wildman–Crippen MR) is 80.4 cm³/mol. The molecule has 0 atom stereocenters. The van der Waals surface area contributed by atoms with Crippen LogP contribution in [0.4, 0.5) is 8.78 Å². The lowest BCUT2D eigenvalue weighted by Gasteiger charge is -2.13. The summed E-state index contributed by atoms with van der Waals surface area (Å²) in [6, 6.07) is 9.18. The van der Waals surface area contributed by atoms with Crippen molar-refractivity contribution in [1.29, 1.82) is 0 Å². The number of hydrogen-bond acceptors (Lipinski definition) is 5. The molecule has 128 valence electrons. The molecule has 0 fully saturated rings. The van der Waals surface area contributed by atoms with E-state index >= 15 is 0 Å². The number of ether oxygens (including phenoxy) is 1. The smallest absolute Gasteiger partial charge is 0.387 e. The van der Waals surface area contributed by atoms with Gasteiger partial charge in [0.2, 0.25) is 0 Å². The minimum absolute atomic E-state index is 0.110. The van der Waals surface area contributed by atoms with E-state index in [0.717, 1.165) is 18.2 Å². The zero-order chi connectivity index (χ0) is 18.1. The van der Waals surface area contributed by atoms with E-state index < -0.39 is 24.4 Å². The molecule has 0 bridgehead atoms. The molecule has 2 amide bonds. The Kier molecular flexibility index (Phi) is 4.37. The highest BCUT2D eigenvalue weighted by molar-refractivity contribution is 6.32. The Morgan fingerprint density at radius 2 is 1.64 bits per heavy atom. The van der Waals surface area contributed by atoms with Gasteiger partial charge in [-0.15, -0.1) is 0 Å².